The van der Waals surface area contributed by atoms with Crippen LogP contribution in [0.5, 0.6) is 5.75 Å². The lowest BCUT2D eigenvalue weighted by Gasteiger charge is -2.28. The molecule has 1 atom stereocenters. The number of carboxylic acids is 1. The first-order chi connectivity index (χ1) is 19.5. The molecule has 0 saturated carbocycles. The average Bonchev–Trinajstić information content (AvgIpc) is 3.54. The Labute approximate surface area is 242 Å². The van der Waals surface area contributed by atoms with Crippen LogP contribution >= 0.6 is 13.5 Å². The molecule has 0 aliphatic carbocycles. The van der Waals surface area contributed by atoms with E-state index < -0.39 is 11.8 Å². The number of nitrogens with zero attached hydrogens (tertiary/aromatic N) is 6. The lowest BCUT2D eigenvalue weighted by atomic mass is 10.1. The summed E-state index contributed by atoms with van der Waals surface area (Å²) in [6.45, 7) is 3.26. The van der Waals surface area contributed by atoms with Crippen LogP contribution in [0.3, 0.4) is 0 Å². The number of aromatic carboxylic acids is 1. The quantitative estimate of drug-likeness (QED) is 0.317. The fourth-order valence-corrected chi connectivity index (χ4v) is 4.85. The fourth-order valence-electron chi connectivity index (χ4n) is 4.85. The number of carboxylic acid groups (broad SMARTS) is 1. The molecule has 2 aromatic carbocycles. The average molecular weight is 575 g/mol. The fraction of sp³-hybridized carbons (Fsp3) is 0.276. The number of carbonyl (C=O) groups is 1. The van der Waals surface area contributed by atoms with E-state index in [1.54, 1.807) is 24.4 Å². The zero-order chi connectivity index (χ0) is 27.6. The molecule has 6 rings (SSSR count). The van der Waals surface area contributed by atoms with Gasteiger partial charge in [-0.3, -0.25) is 4.90 Å². The number of imidazole rings is 1. The van der Waals surface area contributed by atoms with Crippen molar-refractivity contribution in [1.29, 1.82) is 5.26 Å². The number of fused-ring (bicyclic) bond motifs is 1. The number of benzene rings is 2. The number of nitriles is 1. The third-order valence-electron chi connectivity index (χ3n) is 7.06. The molecule has 2 aliphatic rings. The van der Waals surface area contributed by atoms with Crippen molar-refractivity contribution < 1.29 is 23.8 Å². The molecular formula is C29H27FN6O4S. The highest BCUT2D eigenvalue weighted by Crippen LogP contribution is 2.26. The van der Waals surface area contributed by atoms with Gasteiger partial charge in [0.1, 0.15) is 12.4 Å². The highest BCUT2D eigenvalue weighted by atomic mass is 32.1. The number of ether oxygens (including phenoxy) is 2. The maximum Gasteiger partial charge on any atom is 0.335 e. The summed E-state index contributed by atoms with van der Waals surface area (Å²) in [6.07, 6.45) is 4.82. The molecule has 41 heavy (non-hydrogen) atoms. The molecule has 210 valence electrons. The van der Waals surface area contributed by atoms with Gasteiger partial charge in [0.2, 0.25) is 0 Å². The predicted molar refractivity (Wildman–Crippen MR) is 152 cm³/mol. The summed E-state index contributed by atoms with van der Waals surface area (Å²) in [5.74, 6) is -0.287. The molecule has 0 amide bonds. The van der Waals surface area contributed by atoms with Crippen LogP contribution in [0.15, 0.2) is 54.7 Å². The lowest BCUT2D eigenvalue weighted by Crippen LogP contribution is -2.32. The third-order valence-corrected chi connectivity index (χ3v) is 7.06. The zero-order valence-corrected chi connectivity index (χ0v) is 23.0. The monoisotopic (exact) mass is 574 g/mol. The van der Waals surface area contributed by atoms with Crippen LogP contribution in [-0.2, 0) is 24.4 Å². The van der Waals surface area contributed by atoms with Crippen molar-refractivity contribution in [3.8, 4) is 11.8 Å². The summed E-state index contributed by atoms with van der Waals surface area (Å²) in [7, 11) is 0. The number of halogens is 1. The predicted octanol–water partition coefficient (Wildman–Crippen LogP) is 3.92. The first-order valence-electron chi connectivity index (χ1n) is 12.9. The Kier molecular flexibility index (Phi) is 8.30. The van der Waals surface area contributed by atoms with Crippen molar-refractivity contribution >= 4 is 36.1 Å². The number of aromatic nitrogens is 4. The summed E-state index contributed by atoms with van der Waals surface area (Å²) < 4.78 is 27.4. The van der Waals surface area contributed by atoms with Crippen molar-refractivity contribution in [3.05, 3.63) is 89.0 Å². The molecule has 0 unspecified atom stereocenters. The van der Waals surface area contributed by atoms with E-state index in [-0.39, 0.29) is 43.1 Å². The molecule has 1 fully saturated rings. The van der Waals surface area contributed by atoms with Gasteiger partial charge in [-0.1, -0.05) is 6.08 Å². The number of hydrogen-bond donors (Lipinski definition) is 1. The lowest BCUT2D eigenvalue weighted by molar-refractivity contribution is -0.0591. The van der Waals surface area contributed by atoms with Crippen LogP contribution in [0.4, 0.5) is 4.39 Å². The Morgan fingerprint density at radius 3 is 2.80 bits per heavy atom. The van der Waals surface area contributed by atoms with E-state index in [1.165, 1.54) is 12.1 Å². The zero-order valence-electron chi connectivity index (χ0n) is 22.0. The Bertz CT molecular complexity index is 1680. The highest BCUT2D eigenvalue weighted by molar-refractivity contribution is 7.59. The smallest absolute Gasteiger partial charge is 0.335 e. The van der Waals surface area contributed by atoms with Crippen molar-refractivity contribution in [2.45, 2.75) is 32.2 Å². The SMILES string of the molecule is N#Cc1ccc(OCc2nccc(C3=CCN(Cc4nc5ccc(C(=O)O)cc5n4C[C@@H]4CCO4)C3)n2)c(F)c1.S. The molecule has 4 heterocycles. The first kappa shape index (κ1) is 28.2. The molecule has 2 aromatic heterocycles. The van der Waals surface area contributed by atoms with Gasteiger partial charge in [-0.15, -0.1) is 0 Å². The van der Waals surface area contributed by atoms with E-state index >= 15 is 0 Å². The summed E-state index contributed by atoms with van der Waals surface area (Å²) in [5, 5.41) is 18.4. The van der Waals surface area contributed by atoms with Gasteiger partial charge in [0.15, 0.2) is 17.4 Å². The van der Waals surface area contributed by atoms with Gasteiger partial charge < -0.3 is 19.1 Å². The Morgan fingerprint density at radius 2 is 2.07 bits per heavy atom. The molecule has 2 aliphatic heterocycles. The molecule has 1 saturated heterocycles. The Balaban J connectivity index is 0.00000337. The van der Waals surface area contributed by atoms with Crippen LogP contribution in [0.1, 0.15) is 39.7 Å². The van der Waals surface area contributed by atoms with Gasteiger partial charge >= 0.3 is 5.97 Å². The van der Waals surface area contributed by atoms with Crippen LogP contribution < -0.4 is 4.74 Å². The summed E-state index contributed by atoms with van der Waals surface area (Å²) in [4.78, 5) is 27.5. The van der Waals surface area contributed by atoms with Crippen molar-refractivity contribution in [2.75, 3.05) is 19.7 Å². The second-order valence-electron chi connectivity index (χ2n) is 9.73. The molecule has 12 heteroatoms. The number of rotatable bonds is 9. The maximum absolute atomic E-state index is 14.2. The van der Waals surface area contributed by atoms with Crippen LogP contribution in [0, 0.1) is 17.1 Å². The second kappa shape index (κ2) is 12.1. The van der Waals surface area contributed by atoms with E-state index in [9.17, 15) is 14.3 Å². The van der Waals surface area contributed by atoms with Crippen LogP contribution in [-0.4, -0.2) is 61.3 Å². The van der Waals surface area contributed by atoms with E-state index in [2.05, 4.69) is 25.5 Å². The Hall–Kier alpha value is -4.31. The summed E-state index contributed by atoms with van der Waals surface area (Å²) in [5.41, 5.74) is 3.79. The largest absolute Gasteiger partial charge is 0.483 e. The van der Waals surface area contributed by atoms with Crippen LogP contribution in [0.25, 0.3) is 16.6 Å². The summed E-state index contributed by atoms with van der Waals surface area (Å²) in [6, 6.07) is 12.8. The molecule has 0 bridgehead atoms. The molecule has 1 N–H and O–H groups in total. The normalized spacial score (nSPS) is 16.5. The highest BCUT2D eigenvalue weighted by Gasteiger charge is 2.25. The minimum Gasteiger partial charge on any atom is -0.483 e. The minimum atomic E-state index is -0.971. The molecule has 0 spiro atoms. The Morgan fingerprint density at radius 1 is 1.22 bits per heavy atom. The minimum absolute atomic E-state index is 0. The topological polar surface area (TPSA) is 126 Å². The van der Waals surface area contributed by atoms with E-state index in [1.807, 2.05) is 12.1 Å². The van der Waals surface area contributed by atoms with Crippen molar-refractivity contribution in [2.24, 2.45) is 0 Å². The van der Waals surface area contributed by atoms with Gasteiger partial charge in [-0.2, -0.15) is 18.8 Å². The van der Waals surface area contributed by atoms with Gasteiger partial charge in [0, 0.05) is 25.9 Å². The van der Waals surface area contributed by atoms with Crippen molar-refractivity contribution in [3.63, 3.8) is 0 Å². The molecular weight excluding hydrogens is 547 g/mol. The van der Waals surface area contributed by atoms with E-state index in [0.29, 0.717) is 32.0 Å². The summed E-state index contributed by atoms with van der Waals surface area (Å²) >= 11 is 0. The molecule has 0 radical (unpaired) electrons. The molecule has 10 nitrogen and oxygen atoms in total. The maximum atomic E-state index is 14.2. The standard InChI is InChI=1S/C29H25FN6O4.H2S/c30-22-11-18(13-31)1-4-26(22)40-17-27-32-8-5-23(33-27)20-6-9-35(14-20)16-28-34-24-3-2-19(29(37)38)12-25(24)36(28)15-21-7-10-39-21;/h1-6,8,11-12,21H,7,9-10,14-17H2,(H,37,38);1H2/t21-;/m0./s1. The van der Waals surface area contributed by atoms with Gasteiger partial charge in [0.25, 0.3) is 0 Å². The van der Waals surface area contributed by atoms with E-state index in [4.69, 9.17) is 19.7 Å². The van der Waals surface area contributed by atoms with Gasteiger partial charge in [-0.05, 0) is 54.5 Å². The number of hydrogen-bond acceptors (Lipinski definition) is 8. The van der Waals surface area contributed by atoms with Crippen LogP contribution in [0.2, 0.25) is 0 Å². The molecule has 4 aromatic rings. The van der Waals surface area contributed by atoms with Crippen molar-refractivity contribution in [1.82, 2.24) is 24.4 Å². The second-order valence-corrected chi connectivity index (χ2v) is 9.73. The first-order valence-corrected chi connectivity index (χ1v) is 12.9. The van der Waals surface area contributed by atoms with E-state index in [0.717, 1.165) is 47.2 Å². The van der Waals surface area contributed by atoms with Gasteiger partial charge in [0.05, 0.1) is 53.1 Å². The van der Waals surface area contributed by atoms with Gasteiger partial charge in [-0.25, -0.2) is 24.1 Å². The third kappa shape index (κ3) is 6.07.